The second-order valence-electron chi connectivity index (χ2n) is 6.30. The number of esters is 1. The van der Waals surface area contributed by atoms with Crippen molar-refractivity contribution in [2.75, 3.05) is 13.9 Å². The fourth-order valence-corrected chi connectivity index (χ4v) is 3.44. The van der Waals surface area contributed by atoms with Crippen LogP contribution in [0.25, 0.3) is 10.9 Å². The van der Waals surface area contributed by atoms with Gasteiger partial charge in [0.1, 0.15) is 5.92 Å². The topological polar surface area (TPSA) is 87.0 Å². The summed E-state index contributed by atoms with van der Waals surface area (Å²) < 4.78 is 17.2. The van der Waals surface area contributed by atoms with E-state index in [2.05, 4.69) is 0 Å². The summed E-state index contributed by atoms with van der Waals surface area (Å²) in [5.41, 5.74) is 2.39. The van der Waals surface area contributed by atoms with E-state index in [0.29, 0.717) is 28.2 Å². The molecule has 0 spiro atoms. The number of carbonyl (C=O) groups excluding carboxylic acids is 1. The van der Waals surface area contributed by atoms with Crippen molar-refractivity contribution in [3.63, 3.8) is 0 Å². The molecular weight excluding hydrogens is 350 g/mol. The molecule has 1 unspecified atom stereocenters. The van der Waals surface area contributed by atoms with Gasteiger partial charge in [-0.15, -0.1) is 0 Å². The van der Waals surface area contributed by atoms with Gasteiger partial charge in [-0.2, -0.15) is 0 Å². The number of rotatable bonds is 4. The first kappa shape index (κ1) is 17.0. The van der Waals surface area contributed by atoms with Crippen LogP contribution in [0.4, 0.5) is 0 Å². The Kier molecular flexibility index (Phi) is 3.99. The quantitative estimate of drug-likeness (QED) is 0.714. The molecule has 0 amide bonds. The van der Waals surface area contributed by atoms with Crippen LogP contribution in [0.15, 0.2) is 42.6 Å². The van der Waals surface area contributed by atoms with E-state index in [1.807, 2.05) is 7.05 Å². The van der Waals surface area contributed by atoms with Gasteiger partial charge in [0.15, 0.2) is 11.5 Å². The van der Waals surface area contributed by atoms with Gasteiger partial charge in [-0.05, 0) is 35.4 Å². The molecule has 1 N–H and O–H groups in total. The molecule has 138 valence electrons. The Labute approximate surface area is 154 Å². The third kappa shape index (κ3) is 2.77. The minimum atomic E-state index is -0.974. The summed E-state index contributed by atoms with van der Waals surface area (Å²) in [7, 11) is 3.13. The molecule has 0 aliphatic carbocycles. The van der Waals surface area contributed by atoms with Crippen LogP contribution in [0.3, 0.4) is 0 Å². The molecule has 27 heavy (non-hydrogen) atoms. The van der Waals surface area contributed by atoms with E-state index in [-0.39, 0.29) is 6.79 Å². The standard InChI is InChI=1S/C20H17NO6/c1-21-9-14(13-5-3-12(7-15(13)21)20(24)25-2)18(19(22)23)11-4-6-16-17(8-11)27-10-26-16/h3-9,18H,10H2,1-2H3,(H,22,23). The Morgan fingerprint density at radius 3 is 2.67 bits per heavy atom. The Balaban J connectivity index is 1.85. The zero-order chi connectivity index (χ0) is 19.1. The van der Waals surface area contributed by atoms with Crippen molar-refractivity contribution in [2.24, 2.45) is 7.05 Å². The van der Waals surface area contributed by atoms with E-state index in [9.17, 15) is 14.7 Å². The predicted molar refractivity (Wildman–Crippen MR) is 96.3 cm³/mol. The average molecular weight is 367 g/mol. The molecule has 1 atom stereocenters. The van der Waals surface area contributed by atoms with Crippen molar-refractivity contribution in [1.29, 1.82) is 0 Å². The maximum absolute atomic E-state index is 12.1. The highest BCUT2D eigenvalue weighted by Gasteiger charge is 2.28. The smallest absolute Gasteiger partial charge is 0.337 e. The molecule has 4 rings (SSSR count). The molecule has 0 fully saturated rings. The molecule has 7 nitrogen and oxygen atoms in total. The van der Waals surface area contributed by atoms with E-state index in [1.165, 1.54) is 7.11 Å². The Hall–Kier alpha value is -3.48. The minimum Gasteiger partial charge on any atom is -0.481 e. The van der Waals surface area contributed by atoms with Gasteiger partial charge in [0, 0.05) is 24.1 Å². The number of aryl methyl sites for hydroxylation is 1. The number of hydrogen-bond donors (Lipinski definition) is 1. The van der Waals surface area contributed by atoms with Crippen molar-refractivity contribution < 1.29 is 28.9 Å². The van der Waals surface area contributed by atoms with Crippen LogP contribution in [0, 0.1) is 0 Å². The van der Waals surface area contributed by atoms with E-state index in [0.717, 1.165) is 10.9 Å². The lowest BCUT2D eigenvalue weighted by Gasteiger charge is -2.13. The maximum Gasteiger partial charge on any atom is 0.337 e. The third-order valence-electron chi connectivity index (χ3n) is 4.73. The number of carboxylic acids is 1. The molecular formula is C20H17NO6. The summed E-state index contributed by atoms with van der Waals surface area (Å²) in [6.45, 7) is 0.126. The average Bonchev–Trinajstić information content (AvgIpc) is 3.25. The zero-order valence-electron chi connectivity index (χ0n) is 14.8. The van der Waals surface area contributed by atoms with Gasteiger partial charge < -0.3 is 23.9 Å². The molecule has 7 heteroatoms. The lowest BCUT2D eigenvalue weighted by molar-refractivity contribution is -0.137. The number of carbonyl (C=O) groups is 2. The molecule has 0 bridgehead atoms. The zero-order valence-corrected chi connectivity index (χ0v) is 14.8. The summed E-state index contributed by atoms with van der Waals surface area (Å²) in [6.07, 6.45) is 1.77. The highest BCUT2D eigenvalue weighted by Crippen LogP contribution is 2.38. The Morgan fingerprint density at radius 1 is 1.15 bits per heavy atom. The summed E-state index contributed by atoms with van der Waals surface area (Å²) in [5, 5.41) is 10.7. The van der Waals surface area contributed by atoms with Gasteiger partial charge >= 0.3 is 11.9 Å². The summed E-state index contributed by atoms with van der Waals surface area (Å²) in [5.74, 6) is -1.16. The van der Waals surface area contributed by atoms with Crippen LogP contribution < -0.4 is 9.47 Å². The molecule has 1 aromatic heterocycles. The van der Waals surface area contributed by atoms with Gasteiger partial charge in [-0.3, -0.25) is 4.79 Å². The summed E-state index contributed by atoms with van der Waals surface area (Å²) >= 11 is 0. The van der Waals surface area contributed by atoms with E-state index < -0.39 is 17.9 Å². The first-order valence-electron chi connectivity index (χ1n) is 8.29. The number of hydrogen-bond acceptors (Lipinski definition) is 5. The molecule has 2 heterocycles. The molecule has 0 radical (unpaired) electrons. The van der Waals surface area contributed by atoms with E-state index in [4.69, 9.17) is 14.2 Å². The lowest BCUT2D eigenvalue weighted by atomic mass is 9.90. The van der Waals surface area contributed by atoms with Gasteiger partial charge in [-0.25, -0.2) is 4.79 Å². The largest absolute Gasteiger partial charge is 0.481 e. The fraction of sp³-hybridized carbons (Fsp3) is 0.200. The molecule has 2 aromatic carbocycles. The summed E-state index contributed by atoms with van der Waals surface area (Å²) in [4.78, 5) is 23.9. The van der Waals surface area contributed by atoms with Crippen LogP contribution in [0.2, 0.25) is 0 Å². The van der Waals surface area contributed by atoms with Crippen LogP contribution in [0.1, 0.15) is 27.4 Å². The molecule has 1 aliphatic heterocycles. The van der Waals surface area contributed by atoms with Crippen molar-refractivity contribution in [3.05, 3.63) is 59.3 Å². The van der Waals surface area contributed by atoms with Crippen LogP contribution >= 0.6 is 0 Å². The normalized spacial score (nSPS) is 13.6. The highest BCUT2D eigenvalue weighted by molar-refractivity contribution is 5.97. The number of aliphatic carboxylic acids is 1. The maximum atomic E-state index is 12.1. The van der Waals surface area contributed by atoms with Crippen LogP contribution in [0.5, 0.6) is 11.5 Å². The third-order valence-corrected chi connectivity index (χ3v) is 4.73. The Morgan fingerprint density at radius 2 is 1.93 bits per heavy atom. The number of ether oxygens (including phenoxy) is 3. The first-order valence-corrected chi connectivity index (χ1v) is 8.29. The second kappa shape index (κ2) is 6.35. The lowest BCUT2D eigenvalue weighted by Crippen LogP contribution is -2.13. The molecule has 0 saturated heterocycles. The van der Waals surface area contributed by atoms with Gasteiger partial charge in [0.2, 0.25) is 6.79 Å². The number of nitrogens with zero attached hydrogens (tertiary/aromatic N) is 1. The van der Waals surface area contributed by atoms with E-state index >= 15 is 0 Å². The minimum absolute atomic E-state index is 0.126. The molecule has 3 aromatic rings. The van der Waals surface area contributed by atoms with Crippen LogP contribution in [-0.2, 0) is 16.6 Å². The predicted octanol–water partition coefficient (Wildman–Crippen LogP) is 2.91. The van der Waals surface area contributed by atoms with Crippen LogP contribution in [-0.4, -0.2) is 35.5 Å². The van der Waals surface area contributed by atoms with Crippen molar-refractivity contribution >= 4 is 22.8 Å². The monoisotopic (exact) mass is 367 g/mol. The van der Waals surface area contributed by atoms with Crippen molar-refractivity contribution in [2.45, 2.75) is 5.92 Å². The number of carboxylic acid groups (broad SMARTS) is 1. The second-order valence-corrected chi connectivity index (χ2v) is 6.30. The number of benzene rings is 2. The Bertz CT molecular complexity index is 1070. The van der Waals surface area contributed by atoms with E-state index in [1.54, 1.807) is 47.2 Å². The van der Waals surface area contributed by atoms with Gasteiger partial charge in [0.25, 0.3) is 0 Å². The molecule has 0 saturated carbocycles. The highest BCUT2D eigenvalue weighted by atomic mass is 16.7. The van der Waals surface area contributed by atoms with Crippen molar-refractivity contribution in [3.8, 4) is 11.5 Å². The molecule has 1 aliphatic rings. The van der Waals surface area contributed by atoms with Gasteiger partial charge in [-0.1, -0.05) is 12.1 Å². The number of methoxy groups -OCH3 is 1. The SMILES string of the molecule is COC(=O)c1ccc2c(C(C(=O)O)c3ccc4c(c3)OCO4)cn(C)c2c1. The number of aromatic nitrogens is 1. The number of fused-ring (bicyclic) bond motifs is 2. The fourth-order valence-electron chi connectivity index (χ4n) is 3.44. The van der Waals surface area contributed by atoms with Crippen molar-refractivity contribution in [1.82, 2.24) is 4.57 Å². The van der Waals surface area contributed by atoms with Gasteiger partial charge in [0.05, 0.1) is 12.7 Å². The summed E-state index contributed by atoms with van der Waals surface area (Å²) in [6, 6.07) is 10.2. The first-order chi connectivity index (χ1) is 13.0.